The van der Waals surface area contributed by atoms with E-state index in [4.69, 9.17) is 21.7 Å². The summed E-state index contributed by atoms with van der Waals surface area (Å²) in [5, 5.41) is 9.35. The number of rotatable bonds is 9. The van der Waals surface area contributed by atoms with Crippen LogP contribution in [0, 0.1) is 0 Å². The average Bonchev–Trinajstić information content (AvgIpc) is 2.93. The minimum atomic E-state index is -0.486. The molecule has 0 spiro atoms. The fraction of sp³-hybridized carbons (Fsp3) is 0.103. The lowest BCUT2D eigenvalue weighted by Crippen LogP contribution is -2.20. The van der Waals surface area contributed by atoms with E-state index in [1.165, 1.54) is 11.8 Å². The minimum Gasteiger partial charge on any atom is -0.495 e. The van der Waals surface area contributed by atoms with Crippen LogP contribution in [0.25, 0.3) is 0 Å². The number of amides is 1. The zero-order valence-corrected chi connectivity index (χ0v) is 22.1. The minimum absolute atomic E-state index is 0.146. The zero-order valence-electron chi connectivity index (χ0n) is 20.4. The lowest BCUT2D eigenvalue weighted by molar-refractivity contribution is -0.115. The van der Waals surface area contributed by atoms with E-state index in [1.54, 1.807) is 14.2 Å². The number of methoxy groups -OCH3 is 2. The van der Waals surface area contributed by atoms with Gasteiger partial charge in [-0.2, -0.15) is 0 Å². The Labute approximate surface area is 226 Å². The van der Waals surface area contributed by atoms with Crippen molar-refractivity contribution in [2.24, 2.45) is 0 Å². The number of carbonyl (C=O) groups excluding carboxylic acids is 1. The number of hydrogen-bond acceptors (Lipinski definition) is 5. The zero-order chi connectivity index (χ0) is 26.0. The normalized spacial score (nSPS) is 11.2. The maximum atomic E-state index is 13.5. The van der Waals surface area contributed by atoms with Gasteiger partial charge in [0, 0.05) is 10.6 Å². The summed E-state index contributed by atoms with van der Waals surface area (Å²) in [7, 11) is 3.20. The lowest BCUT2D eigenvalue weighted by Gasteiger charge is -2.19. The second-order valence-electron chi connectivity index (χ2n) is 7.91. The third kappa shape index (κ3) is 7.03. The van der Waals surface area contributed by atoms with Crippen LogP contribution in [0.5, 0.6) is 11.5 Å². The van der Waals surface area contributed by atoms with Gasteiger partial charge in [0.25, 0.3) is 0 Å². The first-order valence-electron chi connectivity index (χ1n) is 11.5. The highest BCUT2D eigenvalue weighted by molar-refractivity contribution is 8.00. The molecule has 6 nitrogen and oxygen atoms in total. The van der Waals surface area contributed by atoms with Crippen molar-refractivity contribution in [1.82, 2.24) is 0 Å². The van der Waals surface area contributed by atoms with E-state index >= 15 is 0 Å². The third-order valence-electron chi connectivity index (χ3n) is 5.41. The van der Waals surface area contributed by atoms with E-state index in [0.29, 0.717) is 22.3 Å². The van der Waals surface area contributed by atoms with E-state index in [1.807, 2.05) is 103 Å². The number of carbonyl (C=O) groups is 1. The molecule has 0 saturated carbocycles. The highest BCUT2D eigenvalue weighted by Gasteiger charge is 2.23. The van der Waals surface area contributed by atoms with Crippen molar-refractivity contribution < 1.29 is 14.3 Å². The van der Waals surface area contributed by atoms with E-state index in [0.717, 1.165) is 21.8 Å². The monoisotopic (exact) mass is 529 g/mol. The molecule has 1 unspecified atom stereocenters. The van der Waals surface area contributed by atoms with Crippen LogP contribution in [0.2, 0.25) is 0 Å². The second kappa shape index (κ2) is 12.8. The SMILES string of the molecule is COc1ccccc1NC(=O)C(Sc1cccc(NC(=S)Nc2ccccc2OC)c1)c1ccccc1. The summed E-state index contributed by atoms with van der Waals surface area (Å²) in [6.45, 7) is 0. The van der Waals surface area contributed by atoms with Gasteiger partial charge < -0.3 is 25.4 Å². The van der Waals surface area contributed by atoms with Gasteiger partial charge in [0.15, 0.2) is 5.11 Å². The Morgan fingerprint density at radius 2 is 1.32 bits per heavy atom. The maximum absolute atomic E-state index is 13.5. The van der Waals surface area contributed by atoms with Gasteiger partial charge in [-0.1, -0.05) is 60.7 Å². The van der Waals surface area contributed by atoms with Crippen molar-refractivity contribution in [1.29, 1.82) is 0 Å². The van der Waals surface area contributed by atoms with E-state index in [2.05, 4.69) is 16.0 Å². The van der Waals surface area contributed by atoms with Gasteiger partial charge in [-0.3, -0.25) is 4.79 Å². The summed E-state index contributed by atoms with van der Waals surface area (Å²) in [5.41, 5.74) is 3.09. The molecule has 0 heterocycles. The summed E-state index contributed by atoms with van der Waals surface area (Å²) < 4.78 is 10.8. The van der Waals surface area contributed by atoms with Crippen LogP contribution < -0.4 is 25.4 Å². The Balaban J connectivity index is 1.51. The van der Waals surface area contributed by atoms with Gasteiger partial charge in [-0.05, 0) is 60.2 Å². The predicted molar refractivity (Wildman–Crippen MR) is 156 cm³/mol. The fourth-order valence-corrected chi connectivity index (χ4v) is 4.97. The Morgan fingerprint density at radius 1 is 0.730 bits per heavy atom. The van der Waals surface area contributed by atoms with Crippen molar-refractivity contribution >= 4 is 52.1 Å². The van der Waals surface area contributed by atoms with E-state index < -0.39 is 5.25 Å². The summed E-state index contributed by atoms with van der Waals surface area (Å²) >= 11 is 6.97. The van der Waals surface area contributed by atoms with E-state index in [-0.39, 0.29) is 5.91 Å². The molecule has 0 fully saturated rings. The molecule has 188 valence electrons. The van der Waals surface area contributed by atoms with Gasteiger partial charge in [0.2, 0.25) is 5.91 Å². The van der Waals surface area contributed by atoms with Crippen LogP contribution in [0.4, 0.5) is 17.1 Å². The van der Waals surface area contributed by atoms with Gasteiger partial charge in [0.05, 0.1) is 25.6 Å². The Morgan fingerprint density at radius 3 is 1.97 bits per heavy atom. The highest BCUT2D eigenvalue weighted by Crippen LogP contribution is 2.38. The van der Waals surface area contributed by atoms with Crippen molar-refractivity contribution in [3.8, 4) is 11.5 Å². The summed E-state index contributed by atoms with van der Waals surface area (Å²) in [4.78, 5) is 14.4. The topological polar surface area (TPSA) is 71.6 Å². The standard InChI is InChI=1S/C29H27N3O3S2/c1-34-25-17-8-6-15-23(25)31-28(33)27(20-11-4-3-5-12-20)37-22-14-10-13-21(19-22)30-29(36)32-24-16-7-9-18-26(24)35-2/h3-19,27H,1-2H3,(H,31,33)(H2,30,32,36). The van der Waals surface area contributed by atoms with Gasteiger partial charge >= 0.3 is 0 Å². The number of ether oxygens (including phenoxy) is 2. The van der Waals surface area contributed by atoms with Gasteiger partial charge in [0.1, 0.15) is 16.7 Å². The molecule has 0 aromatic heterocycles. The molecule has 0 aliphatic heterocycles. The third-order valence-corrected chi connectivity index (χ3v) is 6.86. The van der Waals surface area contributed by atoms with Crippen molar-refractivity contribution in [2.75, 3.05) is 30.2 Å². The molecular formula is C29H27N3O3S2. The van der Waals surface area contributed by atoms with Crippen LogP contribution in [0.1, 0.15) is 10.8 Å². The van der Waals surface area contributed by atoms with Crippen molar-refractivity contribution in [3.63, 3.8) is 0 Å². The van der Waals surface area contributed by atoms with Crippen LogP contribution in [-0.2, 0) is 4.79 Å². The first-order chi connectivity index (χ1) is 18.1. The fourth-order valence-electron chi connectivity index (χ4n) is 3.66. The summed E-state index contributed by atoms with van der Waals surface area (Å²) in [6.07, 6.45) is 0. The molecule has 1 amide bonds. The van der Waals surface area contributed by atoms with Gasteiger partial charge in [-0.25, -0.2) is 0 Å². The molecule has 4 aromatic rings. The number of para-hydroxylation sites is 4. The van der Waals surface area contributed by atoms with Crippen LogP contribution >= 0.6 is 24.0 Å². The molecule has 4 aromatic carbocycles. The van der Waals surface area contributed by atoms with Crippen molar-refractivity contribution in [3.05, 3.63) is 109 Å². The Hall–Kier alpha value is -4.01. The van der Waals surface area contributed by atoms with Gasteiger partial charge in [-0.15, -0.1) is 11.8 Å². The Bertz CT molecular complexity index is 1370. The number of thiocarbonyl (C=S) groups is 1. The summed E-state index contributed by atoms with van der Waals surface area (Å²) in [5.74, 6) is 1.16. The van der Waals surface area contributed by atoms with Crippen LogP contribution in [-0.4, -0.2) is 25.2 Å². The lowest BCUT2D eigenvalue weighted by atomic mass is 10.1. The molecule has 0 radical (unpaired) electrons. The molecule has 3 N–H and O–H groups in total. The quantitative estimate of drug-likeness (QED) is 0.159. The molecule has 0 aliphatic carbocycles. The molecule has 8 heteroatoms. The number of nitrogens with one attached hydrogen (secondary N) is 3. The first kappa shape index (κ1) is 26.1. The number of benzene rings is 4. The Kier molecular flexibility index (Phi) is 9.02. The molecule has 1 atom stereocenters. The molecule has 37 heavy (non-hydrogen) atoms. The molecule has 0 saturated heterocycles. The van der Waals surface area contributed by atoms with Crippen molar-refractivity contribution in [2.45, 2.75) is 10.1 Å². The average molecular weight is 530 g/mol. The van der Waals surface area contributed by atoms with E-state index in [9.17, 15) is 4.79 Å². The number of thioether (sulfide) groups is 1. The van der Waals surface area contributed by atoms with Crippen LogP contribution in [0.3, 0.4) is 0 Å². The molecule has 0 bridgehead atoms. The molecule has 4 rings (SSSR count). The maximum Gasteiger partial charge on any atom is 0.242 e. The second-order valence-corrected chi connectivity index (χ2v) is 9.49. The smallest absolute Gasteiger partial charge is 0.242 e. The predicted octanol–water partition coefficient (Wildman–Crippen LogP) is 6.98. The highest BCUT2D eigenvalue weighted by atomic mass is 32.2. The molecule has 0 aliphatic rings. The molecular weight excluding hydrogens is 502 g/mol. The first-order valence-corrected chi connectivity index (χ1v) is 12.8. The largest absolute Gasteiger partial charge is 0.495 e. The number of anilines is 3. The van der Waals surface area contributed by atoms with Crippen LogP contribution in [0.15, 0.2) is 108 Å². The number of hydrogen-bond donors (Lipinski definition) is 3. The summed E-state index contributed by atoms with van der Waals surface area (Å²) in [6, 6.07) is 32.4.